The number of hydrogen-bond acceptors (Lipinski definition) is 4. The van der Waals surface area contributed by atoms with Crippen molar-refractivity contribution in [2.45, 2.75) is 13.0 Å². The Hall–Kier alpha value is -1.82. The Morgan fingerprint density at radius 1 is 1.14 bits per heavy atom. The average molecular weight is 327 g/mol. The van der Waals surface area contributed by atoms with Gasteiger partial charge in [-0.1, -0.05) is 29.3 Å². The van der Waals surface area contributed by atoms with Crippen molar-refractivity contribution in [2.24, 2.45) is 5.73 Å². The van der Waals surface area contributed by atoms with Gasteiger partial charge in [0.05, 0.1) is 15.0 Å². The molecule has 2 aromatic carbocycles. The van der Waals surface area contributed by atoms with E-state index in [0.717, 1.165) is 5.56 Å². The Balaban J connectivity index is 2.28. The monoisotopic (exact) mass is 326 g/mol. The summed E-state index contributed by atoms with van der Waals surface area (Å²) < 4.78 is 5.58. The van der Waals surface area contributed by atoms with Gasteiger partial charge in [0.2, 0.25) is 0 Å². The zero-order valence-corrected chi connectivity index (χ0v) is 12.6. The Morgan fingerprint density at radius 3 is 2.19 bits per heavy atom. The van der Waals surface area contributed by atoms with E-state index in [9.17, 15) is 10.1 Å². The molecule has 1 unspecified atom stereocenters. The summed E-state index contributed by atoms with van der Waals surface area (Å²) in [5.74, 6) is 0.689. The highest BCUT2D eigenvalue weighted by molar-refractivity contribution is 6.33. The molecule has 0 radical (unpaired) electrons. The van der Waals surface area contributed by atoms with Gasteiger partial charge in [0.1, 0.15) is 11.5 Å². The number of benzene rings is 2. The maximum absolute atomic E-state index is 10.7. The molecule has 0 aliphatic carbocycles. The summed E-state index contributed by atoms with van der Waals surface area (Å²) in [6.45, 7) is 1.85. The van der Waals surface area contributed by atoms with E-state index < -0.39 is 4.92 Å². The summed E-state index contributed by atoms with van der Waals surface area (Å²) in [6.07, 6.45) is 0. The first-order valence-corrected chi connectivity index (χ1v) is 6.81. The van der Waals surface area contributed by atoms with Gasteiger partial charge >= 0.3 is 0 Å². The minimum atomic E-state index is -0.528. The fraction of sp³-hybridized carbons (Fsp3) is 0.143. The predicted octanol–water partition coefficient (Wildman–Crippen LogP) is 4.71. The van der Waals surface area contributed by atoms with Crippen LogP contribution in [0.4, 0.5) is 5.69 Å². The van der Waals surface area contributed by atoms with E-state index in [2.05, 4.69) is 0 Å². The van der Waals surface area contributed by atoms with Crippen molar-refractivity contribution in [3.05, 3.63) is 62.1 Å². The van der Waals surface area contributed by atoms with Crippen LogP contribution in [0.3, 0.4) is 0 Å². The number of rotatable bonds is 4. The van der Waals surface area contributed by atoms with Gasteiger partial charge in [-0.25, -0.2) is 0 Å². The maximum Gasteiger partial charge on any atom is 0.271 e. The molecule has 5 nitrogen and oxygen atoms in total. The van der Waals surface area contributed by atoms with Gasteiger partial charge in [0.15, 0.2) is 0 Å². The molecular formula is C14H12Cl2N2O3. The normalized spacial score (nSPS) is 12.0. The second-order valence-electron chi connectivity index (χ2n) is 4.45. The molecule has 0 aliphatic heterocycles. The van der Waals surface area contributed by atoms with E-state index in [-0.39, 0.29) is 22.5 Å². The summed E-state index contributed by atoms with van der Waals surface area (Å²) in [6, 6.07) is 9.01. The molecule has 0 bridgehead atoms. The Kier molecular flexibility index (Phi) is 4.67. The lowest BCUT2D eigenvalue weighted by Gasteiger charge is -2.11. The van der Waals surface area contributed by atoms with Crippen LogP contribution >= 0.6 is 23.2 Å². The standard InChI is InChI=1S/C14H12Cl2N2O3/c1-8(17)9-2-4-13(11(15)6-9)21-14-5-3-10(18(19)20)7-12(14)16/h2-8H,17H2,1H3. The third kappa shape index (κ3) is 3.64. The Bertz CT molecular complexity index is 690. The summed E-state index contributed by atoms with van der Waals surface area (Å²) in [5, 5.41) is 11.2. The molecule has 0 saturated carbocycles. The van der Waals surface area contributed by atoms with Gasteiger partial charge in [-0.2, -0.15) is 0 Å². The van der Waals surface area contributed by atoms with E-state index in [1.54, 1.807) is 18.2 Å². The van der Waals surface area contributed by atoms with Crippen molar-refractivity contribution in [1.82, 2.24) is 0 Å². The van der Waals surface area contributed by atoms with Gasteiger partial charge in [-0.3, -0.25) is 10.1 Å². The van der Waals surface area contributed by atoms with Crippen LogP contribution in [0.15, 0.2) is 36.4 Å². The minimum absolute atomic E-state index is 0.106. The number of nitro groups is 1. The molecule has 2 aromatic rings. The van der Waals surface area contributed by atoms with Crippen LogP contribution in [-0.4, -0.2) is 4.92 Å². The number of nitrogens with zero attached hydrogens (tertiary/aromatic N) is 1. The van der Waals surface area contributed by atoms with Crippen LogP contribution in [-0.2, 0) is 0 Å². The Morgan fingerprint density at radius 2 is 1.71 bits per heavy atom. The Labute approximate surface area is 131 Å². The van der Waals surface area contributed by atoms with Crippen LogP contribution in [0, 0.1) is 10.1 Å². The van der Waals surface area contributed by atoms with Crippen LogP contribution < -0.4 is 10.5 Å². The molecular weight excluding hydrogens is 315 g/mol. The van der Waals surface area contributed by atoms with Gasteiger partial charge in [-0.05, 0) is 30.7 Å². The number of ether oxygens (including phenoxy) is 1. The minimum Gasteiger partial charge on any atom is -0.454 e. The number of non-ortho nitro benzene ring substituents is 1. The third-order valence-electron chi connectivity index (χ3n) is 2.83. The van der Waals surface area contributed by atoms with Crippen LogP contribution in [0.2, 0.25) is 10.0 Å². The molecule has 0 amide bonds. The SMILES string of the molecule is CC(N)c1ccc(Oc2ccc([N+](=O)[O-])cc2Cl)c(Cl)c1. The fourth-order valence-electron chi connectivity index (χ4n) is 1.69. The van der Waals surface area contributed by atoms with Crippen molar-refractivity contribution < 1.29 is 9.66 Å². The largest absolute Gasteiger partial charge is 0.454 e. The fourth-order valence-corrected chi connectivity index (χ4v) is 2.13. The third-order valence-corrected chi connectivity index (χ3v) is 3.42. The van der Waals surface area contributed by atoms with Crippen LogP contribution in [0.25, 0.3) is 0 Å². The van der Waals surface area contributed by atoms with Crippen LogP contribution in [0.1, 0.15) is 18.5 Å². The molecule has 1 atom stereocenters. The molecule has 0 aliphatic rings. The van der Waals surface area contributed by atoms with Gasteiger partial charge in [0, 0.05) is 18.2 Å². The molecule has 110 valence electrons. The highest BCUT2D eigenvalue weighted by Gasteiger charge is 2.13. The second-order valence-corrected chi connectivity index (χ2v) is 5.27. The van der Waals surface area contributed by atoms with E-state index in [4.69, 9.17) is 33.7 Å². The zero-order valence-electron chi connectivity index (χ0n) is 11.0. The molecule has 2 rings (SSSR count). The molecule has 0 fully saturated rings. The van der Waals surface area contributed by atoms with E-state index in [0.29, 0.717) is 10.8 Å². The van der Waals surface area contributed by atoms with Crippen molar-refractivity contribution in [2.75, 3.05) is 0 Å². The lowest BCUT2D eigenvalue weighted by Crippen LogP contribution is -2.04. The average Bonchev–Trinajstić information content (AvgIpc) is 2.42. The number of hydrogen-bond donors (Lipinski definition) is 1. The molecule has 0 saturated heterocycles. The molecule has 0 aromatic heterocycles. The lowest BCUT2D eigenvalue weighted by atomic mass is 10.1. The summed E-state index contributed by atoms with van der Waals surface area (Å²) in [4.78, 5) is 10.1. The summed E-state index contributed by atoms with van der Waals surface area (Å²) in [5.41, 5.74) is 6.54. The van der Waals surface area contributed by atoms with Crippen molar-refractivity contribution in [3.8, 4) is 11.5 Å². The topological polar surface area (TPSA) is 78.4 Å². The predicted molar refractivity (Wildman–Crippen MR) is 82.2 cm³/mol. The first-order chi connectivity index (χ1) is 9.88. The molecule has 0 heterocycles. The second kappa shape index (κ2) is 6.30. The zero-order chi connectivity index (χ0) is 15.6. The highest BCUT2D eigenvalue weighted by Crippen LogP contribution is 2.36. The van der Waals surface area contributed by atoms with Gasteiger partial charge in [-0.15, -0.1) is 0 Å². The summed E-state index contributed by atoms with van der Waals surface area (Å²) in [7, 11) is 0. The van der Waals surface area contributed by atoms with Gasteiger partial charge < -0.3 is 10.5 Å². The van der Waals surface area contributed by atoms with Crippen molar-refractivity contribution in [3.63, 3.8) is 0 Å². The van der Waals surface area contributed by atoms with E-state index in [1.807, 2.05) is 6.92 Å². The smallest absolute Gasteiger partial charge is 0.271 e. The van der Waals surface area contributed by atoms with Crippen LogP contribution in [0.5, 0.6) is 11.5 Å². The van der Waals surface area contributed by atoms with Gasteiger partial charge in [0.25, 0.3) is 5.69 Å². The lowest BCUT2D eigenvalue weighted by molar-refractivity contribution is -0.384. The number of nitrogens with two attached hydrogens (primary N) is 1. The molecule has 21 heavy (non-hydrogen) atoms. The number of nitro benzene ring substituents is 1. The molecule has 0 spiro atoms. The quantitative estimate of drug-likeness (QED) is 0.651. The van der Waals surface area contributed by atoms with Crippen molar-refractivity contribution in [1.29, 1.82) is 0 Å². The van der Waals surface area contributed by atoms with E-state index in [1.165, 1.54) is 18.2 Å². The molecule has 7 heteroatoms. The molecule has 2 N–H and O–H groups in total. The number of halogens is 2. The summed E-state index contributed by atoms with van der Waals surface area (Å²) >= 11 is 12.1. The highest BCUT2D eigenvalue weighted by atomic mass is 35.5. The first-order valence-electron chi connectivity index (χ1n) is 6.05. The maximum atomic E-state index is 10.7. The van der Waals surface area contributed by atoms with E-state index >= 15 is 0 Å². The first kappa shape index (κ1) is 15.6. The van der Waals surface area contributed by atoms with Crippen molar-refractivity contribution >= 4 is 28.9 Å².